The first kappa shape index (κ1) is 8.49. The Bertz CT molecular complexity index is 155. The zero-order valence-electron chi connectivity index (χ0n) is 6.36. The second-order valence-electron chi connectivity index (χ2n) is 2.99. The molecule has 0 spiro atoms. The topological polar surface area (TPSA) is 66.8 Å². The number of carbonyl (C=O) groups excluding carboxylic acids is 1. The maximum Gasteiger partial charge on any atom is 0.306 e. The first-order chi connectivity index (χ1) is 5.09. The summed E-state index contributed by atoms with van der Waals surface area (Å²) in [5, 5.41) is 17.4. The van der Waals surface area contributed by atoms with Gasteiger partial charge in [-0.05, 0) is 12.3 Å². The summed E-state index contributed by atoms with van der Waals surface area (Å²) in [7, 11) is 0. The minimum Gasteiger partial charge on any atom is -0.457 e. The Labute approximate surface area is 64.8 Å². The predicted octanol–water partition coefficient (Wildman–Crippen LogP) is -0.361. The molecule has 0 aromatic rings. The smallest absolute Gasteiger partial charge is 0.306 e. The van der Waals surface area contributed by atoms with Gasteiger partial charge in [-0.2, -0.15) is 0 Å². The van der Waals surface area contributed by atoms with Gasteiger partial charge >= 0.3 is 5.97 Å². The van der Waals surface area contributed by atoms with Crippen molar-refractivity contribution in [2.75, 3.05) is 0 Å². The van der Waals surface area contributed by atoms with E-state index >= 15 is 0 Å². The van der Waals surface area contributed by atoms with Crippen LogP contribution in [-0.4, -0.2) is 28.6 Å². The number of hydrogen-bond donors (Lipinski definition) is 2. The highest BCUT2D eigenvalue weighted by Gasteiger charge is 2.29. The van der Waals surface area contributed by atoms with Gasteiger partial charge in [-0.15, -0.1) is 0 Å². The Morgan fingerprint density at radius 2 is 2.27 bits per heavy atom. The van der Waals surface area contributed by atoms with E-state index in [9.17, 15) is 4.79 Å². The zero-order chi connectivity index (χ0) is 8.43. The molecule has 1 heterocycles. The molecular formula is C7H12O4. The van der Waals surface area contributed by atoms with Crippen LogP contribution in [0.25, 0.3) is 0 Å². The van der Waals surface area contributed by atoms with E-state index in [2.05, 4.69) is 4.74 Å². The number of rotatable bonds is 1. The second kappa shape index (κ2) is 3.19. The van der Waals surface area contributed by atoms with Crippen molar-refractivity contribution >= 4 is 5.97 Å². The summed E-state index contributed by atoms with van der Waals surface area (Å²) in [6, 6.07) is 0. The first-order valence-corrected chi connectivity index (χ1v) is 3.65. The van der Waals surface area contributed by atoms with Crippen molar-refractivity contribution in [3.63, 3.8) is 0 Å². The normalized spacial score (nSPS) is 32.2. The van der Waals surface area contributed by atoms with E-state index in [1.54, 1.807) is 0 Å². The molecule has 4 nitrogen and oxygen atoms in total. The highest BCUT2D eigenvalue weighted by atomic mass is 16.6. The monoisotopic (exact) mass is 160 g/mol. The van der Waals surface area contributed by atoms with Crippen LogP contribution in [0.1, 0.15) is 19.8 Å². The van der Waals surface area contributed by atoms with E-state index in [4.69, 9.17) is 10.2 Å². The SMILES string of the molecule is CC1CC(=O)OC(C(O)O)C1. The van der Waals surface area contributed by atoms with Crippen LogP contribution in [-0.2, 0) is 9.53 Å². The first-order valence-electron chi connectivity index (χ1n) is 3.65. The Balaban J connectivity index is 2.49. The summed E-state index contributed by atoms with van der Waals surface area (Å²) in [6.45, 7) is 1.88. The zero-order valence-corrected chi connectivity index (χ0v) is 6.36. The third-order valence-corrected chi connectivity index (χ3v) is 1.77. The lowest BCUT2D eigenvalue weighted by Crippen LogP contribution is -2.37. The van der Waals surface area contributed by atoms with Crippen LogP contribution in [0.5, 0.6) is 0 Å². The van der Waals surface area contributed by atoms with Gasteiger partial charge in [0.2, 0.25) is 0 Å². The number of ether oxygens (including phenoxy) is 1. The molecule has 0 aliphatic carbocycles. The van der Waals surface area contributed by atoms with Crippen LogP contribution in [0.15, 0.2) is 0 Å². The minimum atomic E-state index is -1.54. The molecule has 1 fully saturated rings. The third-order valence-electron chi connectivity index (χ3n) is 1.77. The highest BCUT2D eigenvalue weighted by molar-refractivity contribution is 5.70. The summed E-state index contributed by atoms with van der Waals surface area (Å²) >= 11 is 0. The number of carbonyl (C=O) groups is 1. The van der Waals surface area contributed by atoms with E-state index in [-0.39, 0.29) is 11.9 Å². The summed E-state index contributed by atoms with van der Waals surface area (Å²) in [4.78, 5) is 10.7. The summed E-state index contributed by atoms with van der Waals surface area (Å²) < 4.78 is 4.68. The fraction of sp³-hybridized carbons (Fsp3) is 0.857. The van der Waals surface area contributed by atoms with Gasteiger partial charge in [0.1, 0.15) is 0 Å². The van der Waals surface area contributed by atoms with Crippen molar-refractivity contribution < 1.29 is 19.7 Å². The molecule has 0 radical (unpaired) electrons. The molecule has 4 heteroatoms. The lowest BCUT2D eigenvalue weighted by molar-refractivity contribution is -0.187. The maximum absolute atomic E-state index is 10.7. The Morgan fingerprint density at radius 3 is 2.73 bits per heavy atom. The van der Waals surface area contributed by atoms with E-state index in [0.717, 1.165) is 0 Å². The van der Waals surface area contributed by atoms with Crippen LogP contribution < -0.4 is 0 Å². The Morgan fingerprint density at radius 1 is 1.64 bits per heavy atom. The summed E-state index contributed by atoms with van der Waals surface area (Å²) in [6.07, 6.45) is -1.36. The number of hydrogen-bond acceptors (Lipinski definition) is 4. The number of aliphatic hydroxyl groups is 2. The lowest BCUT2D eigenvalue weighted by Gasteiger charge is -2.27. The molecule has 0 aromatic carbocycles. The lowest BCUT2D eigenvalue weighted by atomic mass is 9.97. The van der Waals surface area contributed by atoms with Gasteiger partial charge in [0.15, 0.2) is 12.4 Å². The van der Waals surface area contributed by atoms with E-state index in [0.29, 0.717) is 12.8 Å². The molecule has 1 aliphatic heterocycles. The molecule has 2 N–H and O–H groups in total. The fourth-order valence-corrected chi connectivity index (χ4v) is 1.21. The van der Waals surface area contributed by atoms with Crippen LogP contribution in [0.3, 0.4) is 0 Å². The predicted molar refractivity (Wildman–Crippen MR) is 36.5 cm³/mol. The van der Waals surface area contributed by atoms with E-state index < -0.39 is 12.4 Å². The van der Waals surface area contributed by atoms with Crippen molar-refractivity contribution in [3.8, 4) is 0 Å². The molecule has 2 atom stereocenters. The van der Waals surface area contributed by atoms with Crippen LogP contribution >= 0.6 is 0 Å². The highest BCUT2D eigenvalue weighted by Crippen LogP contribution is 2.21. The molecule has 0 aromatic heterocycles. The average Bonchev–Trinajstić information content (AvgIpc) is 1.85. The standard InChI is InChI=1S/C7H12O4/c1-4-2-5(7(9)10)11-6(8)3-4/h4-5,7,9-10H,2-3H2,1H3. The van der Waals surface area contributed by atoms with Crippen LogP contribution in [0, 0.1) is 5.92 Å². The molecule has 64 valence electrons. The molecule has 0 bridgehead atoms. The van der Waals surface area contributed by atoms with Crippen molar-refractivity contribution in [2.45, 2.75) is 32.2 Å². The van der Waals surface area contributed by atoms with Crippen molar-refractivity contribution in [1.82, 2.24) is 0 Å². The minimum absolute atomic E-state index is 0.183. The van der Waals surface area contributed by atoms with Gasteiger partial charge in [0, 0.05) is 6.42 Å². The van der Waals surface area contributed by atoms with Crippen molar-refractivity contribution in [3.05, 3.63) is 0 Å². The number of cyclic esters (lactones) is 1. The quantitative estimate of drug-likeness (QED) is 0.406. The second-order valence-corrected chi connectivity index (χ2v) is 2.99. The average molecular weight is 160 g/mol. The van der Waals surface area contributed by atoms with Crippen molar-refractivity contribution in [2.24, 2.45) is 5.92 Å². The molecule has 2 unspecified atom stereocenters. The fourth-order valence-electron chi connectivity index (χ4n) is 1.21. The van der Waals surface area contributed by atoms with Gasteiger partial charge in [-0.3, -0.25) is 4.79 Å². The van der Waals surface area contributed by atoms with Crippen LogP contribution in [0.2, 0.25) is 0 Å². The molecule has 0 amide bonds. The summed E-state index contributed by atoms with van der Waals surface area (Å²) in [5.41, 5.74) is 0. The maximum atomic E-state index is 10.7. The largest absolute Gasteiger partial charge is 0.457 e. The van der Waals surface area contributed by atoms with E-state index in [1.165, 1.54) is 0 Å². The van der Waals surface area contributed by atoms with Gasteiger partial charge in [0.05, 0.1) is 0 Å². The molecule has 0 saturated carbocycles. The van der Waals surface area contributed by atoms with Crippen LogP contribution in [0.4, 0.5) is 0 Å². The van der Waals surface area contributed by atoms with Crippen molar-refractivity contribution in [1.29, 1.82) is 0 Å². The Hall–Kier alpha value is -0.610. The number of esters is 1. The Kier molecular flexibility index (Phi) is 2.46. The third kappa shape index (κ3) is 2.17. The van der Waals surface area contributed by atoms with Gasteiger partial charge < -0.3 is 14.9 Å². The van der Waals surface area contributed by atoms with Gasteiger partial charge in [-0.25, -0.2) is 0 Å². The molecule has 1 aliphatic rings. The molecular weight excluding hydrogens is 148 g/mol. The van der Waals surface area contributed by atoms with E-state index in [1.807, 2.05) is 6.92 Å². The van der Waals surface area contributed by atoms with Gasteiger partial charge in [-0.1, -0.05) is 6.92 Å². The molecule has 11 heavy (non-hydrogen) atoms. The van der Waals surface area contributed by atoms with Gasteiger partial charge in [0.25, 0.3) is 0 Å². The molecule has 1 rings (SSSR count). The molecule has 1 saturated heterocycles. The number of aliphatic hydroxyl groups excluding tert-OH is 1. The summed E-state index contributed by atoms with van der Waals surface area (Å²) in [5.74, 6) is -0.162.